The van der Waals surface area contributed by atoms with Crippen molar-refractivity contribution < 1.29 is 0 Å². The molecule has 0 aromatic carbocycles. The summed E-state index contributed by atoms with van der Waals surface area (Å²) in [6, 6.07) is 0. The molecule has 66 valence electrons. The number of hydrogen-bond acceptors (Lipinski definition) is 0. The Balaban J connectivity index is 2.08. The number of allylic oxidation sites excluding steroid dienone is 4. The van der Waals surface area contributed by atoms with Gasteiger partial charge in [-0.2, -0.15) is 0 Å². The van der Waals surface area contributed by atoms with Crippen LogP contribution in [-0.4, -0.2) is 0 Å². The Bertz CT molecular complexity index is 192. The summed E-state index contributed by atoms with van der Waals surface area (Å²) in [6.45, 7) is 2.46. The van der Waals surface area contributed by atoms with E-state index in [9.17, 15) is 0 Å². The van der Waals surface area contributed by atoms with Crippen LogP contribution >= 0.6 is 0 Å². The highest BCUT2D eigenvalue weighted by molar-refractivity contribution is 5.20. The van der Waals surface area contributed by atoms with Crippen LogP contribution in [0.25, 0.3) is 0 Å². The third-order valence-electron chi connectivity index (χ3n) is 3.55. The molecule has 2 rings (SSSR count). The van der Waals surface area contributed by atoms with Crippen molar-refractivity contribution in [3.8, 4) is 0 Å². The van der Waals surface area contributed by atoms with Crippen LogP contribution in [0.1, 0.15) is 39.0 Å². The van der Waals surface area contributed by atoms with E-state index >= 15 is 0 Å². The smallest absolute Gasteiger partial charge is 0.000663 e. The van der Waals surface area contributed by atoms with E-state index in [1.807, 2.05) is 0 Å². The molecule has 0 aliphatic heterocycles. The van der Waals surface area contributed by atoms with Gasteiger partial charge in [0.2, 0.25) is 0 Å². The van der Waals surface area contributed by atoms with Crippen molar-refractivity contribution in [2.24, 2.45) is 11.3 Å². The maximum absolute atomic E-state index is 2.46. The predicted octanol–water partition coefficient (Wildman–Crippen LogP) is 3.70. The molecule has 1 fully saturated rings. The molecule has 0 bridgehead atoms. The first kappa shape index (κ1) is 8.10. The SMILES string of the molecule is CC1(C2C=CC=C2)CCCCC1. The second-order valence-corrected chi connectivity index (χ2v) is 4.51. The van der Waals surface area contributed by atoms with Crippen molar-refractivity contribution in [2.75, 3.05) is 0 Å². The van der Waals surface area contributed by atoms with Crippen molar-refractivity contribution in [3.05, 3.63) is 24.3 Å². The van der Waals surface area contributed by atoms with Gasteiger partial charge in [0.1, 0.15) is 0 Å². The molecule has 0 heteroatoms. The number of hydrogen-bond donors (Lipinski definition) is 0. The molecule has 0 amide bonds. The van der Waals surface area contributed by atoms with Crippen LogP contribution in [0.4, 0.5) is 0 Å². The molecule has 0 heterocycles. The average Bonchev–Trinajstić information content (AvgIpc) is 2.58. The Morgan fingerprint density at radius 1 is 1.00 bits per heavy atom. The molecule has 0 nitrogen and oxygen atoms in total. The molecule has 0 aromatic heterocycles. The summed E-state index contributed by atoms with van der Waals surface area (Å²) in [7, 11) is 0. The Morgan fingerprint density at radius 2 is 1.58 bits per heavy atom. The third-order valence-corrected chi connectivity index (χ3v) is 3.55. The van der Waals surface area contributed by atoms with Crippen molar-refractivity contribution >= 4 is 0 Å². The second kappa shape index (κ2) is 3.08. The maximum atomic E-state index is 2.46. The maximum Gasteiger partial charge on any atom is 0.000663 e. The zero-order valence-corrected chi connectivity index (χ0v) is 7.92. The summed E-state index contributed by atoms with van der Waals surface area (Å²) < 4.78 is 0. The second-order valence-electron chi connectivity index (χ2n) is 4.51. The van der Waals surface area contributed by atoms with Gasteiger partial charge in [-0.05, 0) is 18.3 Å². The van der Waals surface area contributed by atoms with Gasteiger partial charge in [0.25, 0.3) is 0 Å². The van der Waals surface area contributed by atoms with Crippen LogP contribution in [0.3, 0.4) is 0 Å². The van der Waals surface area contributed by atoms with Crippen LogP contribution < -0.4 is 0 Å². The van der Waals surface area contributed by atoms with E-state index < -0.39 is 0 Å². The van der Waals surface area contributed by atoms with Gasteiger partial charge >= 0.3 is 0 Å². The monoisotopic (exact) mass is 162 g/mol. The van der Waals surface area contributed by atoms with Gasteiger partial charge < -0.3 is 0 Å². The first-order chi connectivity index (χ1) is 5.81. The van der Waals surface area contributed by atoms with Gasteiger partial charge in [0.05, 0.1) is 0 Å². The average molecular weight is 162 g/mol. The minimum Gasteiger partial charge on any atom is -0.0771 e. The molecule has 0 atom stereocenters. The summed E-state index contributed by atoms with van der Waals surface area (Å²) in [5.41, 5.74) is 0.585. The van der Waals surface area contributed by atoms with E-state index in [0.717, 1.165) is 5.92 Å². The van der Waals surface area contributed by atoms with Gasteiger partial charge in [0.15, 0.2) is 0 Å². The van der Waals surface area contributed by atoms with E-state index in [1.54, 1.807) is 0 Å². The van der Waals surface area contributed by atoms with E-state index in [2.05, 4.69) is 31.2 Å². The molecule has 1 saturated carbocycles. The van der Waals surface area contributed by atoms with Gasteiger partial charge in [-0.25, -0.2) is 0 Å². The molecule has 0 unspecified atom stereocenters. The molecule has 0 spiro atoms. The summed E-state index contributed by atoms with van der Waals surface area (Å²) in [5.74, 6) is 0.734. The zero-order chi connectivity index (χ0) is 8.44. The summed E-state index contributed by atoms with van der Waals surface area (Å²) >= 11 is 0. The predicted molar refractivity (Wildman–Crippen MR) is 53.0 cm³/mol. The van der Waals surface area contributed by atoms with Crippen LogP contribution in [0, 0.1) is 11.3 Å². The molecular formula is C12H18. The molecule has 2 aliphatic carbocycles. The lowest BCUT2D eigenvalue weighted by molar-refractivity contribution is 0.178. The summed E-state index contributed by atoms with van der Waals surface area (Å²) in [6.07, 6.45) is 16.3. The van der Waals surface area contributed by atoms with E-state index in [4.69, 9.17) is 0 Å². The fraction of sp³-hybridized carbons (Fsp3) is 0.667. The summed E-state index contributed by atoms with van der Waals surface area (Å²) in [5, 5.41) is 0. The highest BCUT2D eigenvalue weighted by atomic mass is 14.4. The molecule has 0 aromatic rings. The minimum absolute atomic E-state index is 0.585. The van der Waals surface area contributed by atoms with Crippen LogP contribution in [0.15, 0.2) is 24.3 Å². The van der Waals surface area contributed by atoms with Crippen LogP contribution in [-0.2, 0) is 0 Å². The van der Waals surface area contributed by atoms with Crippen LogP contribution in [0.2, 0.25) is 0 Å². The molecule has 12 heavy (non-hydrogen) atoms. The first-order valence-electron chi connectivity index (χ1n) is 5.16. The zero-order valence-electron chi connectivity index (χ0n) is 7.92. The quantitative estimate of drug-likeness (QED) is 0.551. The van der Waals surface area contributed by atoms with Gasteiger partial charge in [0, 0.05) is 5.92 Å². The van der Waals surface area contributed by atoms with Crippen molar-refractivity contribution in [1.29, 1.82) is 0 Å². The molecule has 0 radical (unpaired) electrons. The topological polar surface area (TPSA) is 0 Å². The minimum atomic E-state index is 0.585. The van der Waals surface area contributed by atoms with Crippen molar-refractivity contribution in [1.82, 2.24) is 0 Å². The largest absolute Gasteiger partial charge is 0.0771 e. The molecule has 0 saturated heterocycles. The van der Waals surface area contributed by atoms with Crippen molar-refractivity contribution in [2.45, 2.75) is 39.0 Å². The van der Waals surface area contributed by atoms with Crippen LogP contribution in [0.5, 0.6) is 0 Å². The van der Waals surface area contributed by atoms with Gasteiger partial charge in [-0.1, -0.05) is 50.5 Å². The normalized spacial score (nSPS) is 28.1. The van der Waals surface area contributed by atoms with Crippen molar-refractivity contribution in [3.63, 3.8) is 0 Å². The molecule has 2 aliphatic rings. The Hall–Kier alpha value is -0.520. The lowest BCUT2D eigenvalue weighted by Gasteiger charge is -2.37. The Labute approximate surface area is 75.4 Å². The standard InChI is InChI=1S/C12H18/c1-12(9-5-2-6-10-12)11-7-3-4-8-11/h3-4,7-8,11H,2,5-6,9-10H2,1H3. The third kappa shape index (κ3) is 1.35. The fourth-order valence-electron chi connectivity index (χ4n) is 2.59. The highest BCUT2D eigenvalue weighted by Gasteiger charge is 2.32. The van der Waals surface area contributed by atoms with Gasteiger partial charge in [-0.3, -0.25) is 0 Å². The Kier molecular flexibility index (Phi) is 2.08. The van der Waals surface area contributed by atoms with Gasteiger partial charge in [-0.15, -0.1) is 0 Å². The number of rotatable bonds is 1. The van der Waals surface area contributed by atoms with E-state index in [1.165, 1.54) is 32.1 Å². The highest BCUT2D eigenvalue weighted by Crippen LogP contribution is 2.44. The fourth-order valence-corrected chi connectivity index (χ4v) is 2.59. The first-order valence-corrected chi connectivity index (χ1v) is 5.16. The lowest BCUT2D eigenvalue weighted by Crippen LogP contribution is -2.26. The summed E-state index contributed by atoms with van der Waals surface area (Å²) in [4.78, 5) is 0. The molecular weight excluding hydrogens is 144 g/mol. The lowest BCUT2D eigenvalue weighted by atomic mass is 9.68. The Morgan fingerprint density at radius 3 is 2.17 bits per heavy atom. The van der Waals surface area contributed by atoms with E-state index in [-0.39, 0.29) is 0 Å². The van der Waals surface area contributed by atoms with E-state index in [0.29, 0.717) is 5.41 Å². The molecule has 0 N–H and O–H groups in total.